The Bertz CT molecular complexity index is 170. The summed E-state index contributed by atoms with van der Waals surface area (Å²) >= 11 is 0. The van der Waals surface area contributed by atoms with Crippen molar-refractivity contribution in [2.45, 2.75) is 33.7 Å². The second-order valence-corrected chi connectivity index (χ2v) is 4.17. The van der Waals surface area contributed by atoms with E-state index in [-0.39, 0.29) is 0 Å². The predicted molar refractivity (Wildman–Crippen MR) is 63.2 cm³/mol. The van der Waals surface area contributed by atoms with Crippen LogP contribution in [0, 0.1) is 18.3 Å². The standard InChI is InChI=1S/C12H24N2/c1-6-8-13-9-12(5)14(7-2)10-11(3)4/h1,11-13H,7-10H2,2-5H3. The fraction of sp³-hybridized carbons (Fsp3) is 0.833. The van der Waals surface area contributed by atoms with Crippen LogP contribution in [0.5, 0.6) is 0 Å². The molecule has 0 aliphatic rings. The summed E-state index contributed by atoms with van der Waals surface area (Å²) in [4.78, 5) is 2.48. The minimum Gasteiger partial charge on any atom is -0.305 e. The lowest BCUT2D eigenvalue weighted by molar-refractivity contribution is 0.193. The summed E-state index contributed by atoms with van der Waals surface area (Å²) in [6.45, 7) is 12.9. The van der Waals surface area contributed by atoms with Crippen molar-refractivity contribution >= 4 is 0 Å². The Morgan fingerprint density at radius 2 is 2.00 bits per heavy atom. The Labute approximate surface area is 89.1 Å². The number of nitrogens with one attached hydrogen (secondary N) is 1. The zero-order valence-corrected chi connectivity index (χ0v) is 10.0. The van der Waals surface area contributed by atoms with Crippen LogP contribution in [0.4, 0.5) is 0 Å². The fourth-order valence-corrected chi connectivity index (χ4v) is 1.57. The molecule has 2 nitrogen and oxygen atoms in total. The molecule has 0 aliphatic carbocycles. The summed E-state index contributed by atoms with van der Waals surface area (Å²) in [5.41, 5.74) is 0. The highest BCUT2D eigenvalue weighted by molar-refractivity contribution is 4.87. The van der Waals surface area contributed by atoms with Crippen molar-refractivity contribution in [3.05, 3.63) is 0 Å². The summed E-state index contributed by atoms with van der Waals surface area (Å²) in [6, 6.07) is 0.566. The number of rotatable bonds is 7. The van der Waals surface area contributed by atoms with Gasteiger partial charge in [0.15, 0.2) is 0 Å². The first-order valence-corrected chi connectivity index (χ1v) is 5.50. The normalized spacial score (nSPS) is 13.2. The molecule has 0 spiro atoms. The highest BCUT2D eigenvalue weighted by Crippen LogP contribution is 2.03. The highest BCUT2D eigenvalue weighted by Gasteiger charge is 2.12. The van der Waals surface area contributed by atoms with Crippen molar-refractivity contribution < 1.29 is 0 Å². The number of terminal acetylenes is 1. The number of hydrogen-bond acceptors (Lipinski definition) is 2. The van der Waals surface area contributed by atoms with E-state index in [1.54, 1.807) is 0 Å². The lowest BCUT2D eigenvalue weighted by Gasteiger charge is -2.29. The van der Waals surface area contributed by atoms with Gasteiger partial charge in [-0.1, -0.05) is 26.7 Å². The fourth-order valence-electron chi connectivity index (χ4n) is 1.57. The molecule has 0 aromatic rings. The second-order valence-electron chi connectivity index (χ2n) is 4.17. The van der Waals surface area contributed by atoms with Gasteiger partial charge in [0.05, 0.1) is 6.54 Å². The largest absolute Gasteiger partial charge is 0.305 e. The van der Waals surface area contributed by atoms with Gasteiger partial charge in [-0.2, -0.15) is 0 Å². The third-order valence-corrected chi connectivity index (χ3v) is 2.30. The molecule has 0 aliphatic heterocycles. The minimum absolute atomic E-state index is 0.566. The van der Waals surface area contributed by atoms with E-state index in [4.69, 9.17) is 6.42 Å². The Hall–Kier alpha value is -0.520. The first-order chi connectivity index (χ1) is 6.61. The van der Waals surface area contributed by atoms with Crippen LogP contribution in [0.25, 0.3) is 0 Å². The van der Waals surface area contributed by atoms with Gasteiger partial charge in [-0.3, -0.25) is 4.90 Å². The van der Waals surface area contributed by atoms with E-state index in [0.29, 0.717) is 12.6 Å². The molecule has 0 saturated heterocycles. The van der Waals surface area contributed by atoms with E-state index >= 15 is 0 Å². The van der Waals surface area contributed by atoms with E-state index in [1.165, 1.54) is 0 Å². The van der Waals surface area contributed by atoms with E-state index in [2.05, 4.69) is 43.8 Å². The van der Waals surface area contributed by atoms with E-state index in [1.807, 2.05) is 0 Å². The first kappa shape index (κ1) is 13.5. The van der Waals surface area contributed by atoms with Gasteiger partial charge < -0.3 is 5.32 Å². The van der Waals surface area contributed by atoms with Gasteiger partial charge in [0.2, 0.25) is 0 Å². The number of likely N-dealkylation sites (N-methyl/N-ethyl adjacent to an activating group) is 1. The Morgan fingerprint density at radius 1 is 1.36 bits per heavy atom. The lowest BCUT2D eigenvalue weighted by Crippen LogP contribution is -2.42. The molecular formula is C12H24N2. The summed E-state index contributed by atoms with van der Waals surface area (Å²) in [5, 5.41) is 3.25. The maximum atomic E-state index is 5.18. The van der Waals surface area contributed by atoms with Gasteiger partial charge >= 0.3 is 0 Å². The summed E-state index contributed by atoms with van der Waals surface area (Å²) in [7, 11) is 0. The molecule has 0 radical (unpaired) electrons. The SMILES string of the molecule is C#CCNCC(C)N(CC)CC(C)C. The molecule has 0 saturated carbocycles. The quantitative estimate of drug-likeness (QED) is 0.491. The van der Waals surface area contributed by atoms with E-state index < -0.39 is 0 Å². The third kappa shape index (κ3) is 6.01. The summed E-state index contributed by atoms with van der Waals surface area (Å²) < 4.78 is 0. The predicted octanol–water partition coefficient (Wildman–Crippen LogP) is 1.58. The second kappa shape index (κ2) is 7.84. The van der Waals surface area contributed by atoms with Crippen molar-refractivity contribution in [2.75, 3.05) is 26.2 Å². The molecule has 1 N–H and O–H groups in total. The van der Waals surface area contributed by atoms with Crippen molar-refractivity contribution in [2.24, 2.45) is 5.92 Å². The van der Waals surface area contributed by atoms with Crippen LogP contribution >= 0.6 is 0 Å². The van der Waals surface area contributed by atoms with Crippen LogP contribution < -0.4 is 5.32 Å². The first-order valence-electron chi connectivity index (χ1n) is 5.50. The van der Waals surface area contributed by atoms with Gasteiger partial charge in [0, 0.05) is 19.1 Å². The molecule has 0 aromatic heterocycles. The third-order valence-electron chi connectivity index (χ3n) is 2.30. The zero-order valence-electron chi connectivity index (χ0n) is 10.0. The van der Waals surface area contributed by atoms with E-state index in [9.17, 15) is 0 Å². The topological polar surface area (TPSA) is 15.3 Å². The average Bonchev–Trinajstić information content (AvgIpc) is 2.14. The van der Waals surface area contributed by atoms with Gasteiger partial charge in [0.25, 0.3) is 0 Å². The molecule has 0 amide bonds. The minimum atomic E-state index is 0.566. The maximum Gasteiger partial charge on any atom is 0.0574 e. The molecule has 14 heavy (non-hydrogen) atoms. The van der Waals surface area contributed by atoms with Crippen LogP contribution in [-0.2, 0) is 0 Å². The van der Waals surface area contributed by atoms with Crippen molar-refractivity contribution in [3.63, 3.8) is 0 Å². The maximum absolute atomic E-state index is 5.18. The molecule has 0 heterocycles. The highest BCUT2D eigenvalue weighted by atomic mass is 15.2. The monoisotopic (exact) mass is 196 g/mol. The Kier molecular flexibility index (Phi) is 7.55. The van der Waals surface area contributed by atoms with Crippen LogP contribution in [0.2, 0.25) is 0 Å². The molecular weight excluding hydrogens is 172 g/mol. The molecule has 2 heteroatoms. The van der Waals surface area contributed by atoms with Crippen molar-refractivity contribution in [1.82, 2.24) is 10.2 Å². The summed E-state index contributed by atoms with van der Waals surface area (Å²) in [6.07, 6.45) is 5.18. The Balaban J connectivity index is 3.80. The molecule has 1 atom stereocenters. The molecule has 82 valence electrons. The smallest absolute Gasteiger partial charge is 0.0574 e. The van der Waals surface area contributed by atoms with Gasteiger partial charge in [-0.05, 0) is 19.4 Å². The summed E-state index contributed by atoms with van der Waals surface area (Å²) in [5.74, 6) is 3.32. The molecule has 0 fully saturated rings. The molecule has 0 aromatic carbocycles. The van der Waals surface area contributed by atoms with Crippen molar-refractivity contribution in [3.8, 4) is 12.3 Å². The molecule has 1 unspecified atom stereocenters. The van der Waals surface area contributed by atoms with Gasteiger partial charge in [-0.15, -0.1) is 6.42 Å². The van der Waals surface area contributed by atoms with Crippen LogP contribution in [0.15, 0.2) is 0 Å². The van der Waals surface area contributed by atoms with Gasteiger partial charge in [-0.25, -0.2) is 0 Å². The van der Waals surface area contributed by atoms with Crippen LogP contribution in [0.3, 0.4) is 0 Å². The van der Waals surface area contributed by atoms with Crippen LogP contribution in [0.1, 0.15) is 27.7 Å². The zero-order chi connectivity index (χ0) is 11.0. The van der Waals surface area contributed by atoms with Gasteiger partial charge in [0.1, 0.15) is 0 Å². The van der Waals surface area contributed by atoms with Crippen molar-refractivity contribution in [1.29, 1.82) is 0 Å². The average molecular weight is 196 g/mol. The number of hydrogen-bond donors (Lipinski definition) is 1. The van der Waals surface area contributed by atoms with E-state index in [0.717, 1.165) is 25.6 Å². The molecule has 0 rings (SSSR count). The van der Waals surface area contributed by atoms with Crippen LogP contribution in [-0.4, -0.2) is 37.1 Å². The molecule has 0 bridgehead atoms. The lowest BCUT2D eigenvalue weighted by atomic mass is 10.1. The Morgan fingerprint density at radius 3 is 2.43 bits per heavy atom. The number of nitrogens with zero attached hydrogens (tertiary/aromatic N) is 1.